The molecule has 2 aromatic rings. The number of benzene rings is 2. The fourth-order valence-electron chi connectivity index (χ4n) is 3.20. The number of amides is 2. The van der Waals surface area contributed by atoms with Gasteiger partial charge in [0.15, 0.2) is 0 Å². The van der Waals surface area contributed by atoms with E-state index in [0.717, 1.165) is 28.6 Å². The molecule has 3 rings (SSSR count). The molecular weight excluding hydrogens is 408 g/mol. The van der Waals surface area contributed by atoms with Crippen LogP contribution in [0.25, 0.3) is 0 Å². The van der Waals surface area contributed by atoms with Crippen LogP contribution in [0.1, 0.15) is 28.8 Å². The first-order chi connectivity index (χ1) is 13.0. The predicted molar refractivity (Wildman–Crippen MR) is 108 cm³/mol. The van der Waals surface area contributed by atoms with Crippen molar-refractivity contribution in [2.75, 3.05) is 20.6 Å². The molecule has 0 spiro atoms. The topological polar surface area (TPSA) is 49.9 Å². The lowest BCUT2D eigenvalue weighted by molar-refractivity contribution is -0.132. The SMILES string of the molecule is CN(C)C(=O)C1CCCN1C(=O)c1ccc(COc2ccccc2Br)cc1. The van der Waals surface area contributed by atoms with Crippen LogP contribution in [0.2, 0.25) is 0 Å². The minimum absolute atomic E-state index is 0.0145. The second kappa shape index (κ2) is 8.57. The van der Waals surface area contributed by atoms with Gasteiger partial charge in [-0.15, -0.1) is 0 Å². The van der Waals surface area contributed by atoms with Gasteiger partial charge < -0.3 is 14.5 Å². The smallest absolute Gasteiger partial charge is 0.254 e. The standard InChI is InChI=1S/C21H23BrN2O3/c1-23(2)21(26)18-7-5-13-24(18)20(25)16-11-9-15(10-12-16)14-27-19-8-4-3-6-17(19)22/h3-4,6,8-12,18H,5,7,13-14H2,1-2H3. The number of carbonyl (C=O) groups excluding carboxylic acids is 2. The molecule has 1 fully saturated rings. The predicted octanol–water partition coefficient (Wildman–Crippen LogP) is 3.72. The summed E-state index contributed by atoms with van der Waals surface area (Å²) in [5, 5.41) is 0. The van der Waals surface area contributed by atoms with E-state index in [0.29, 0.717) is 18.7 Å². The van der Waals surface area contributed by atoms with Crippen molar-refractivity contribution in [1.29, 1.82) is 0 Å². The molecule has 1 saturated heterocycles. The Labute approximate surface area is 168 Å². The maximum absolute atomic E-state index is 12.8. The molecule has 6 heteroatoms. The lowest BCUT2D eigenvalue weighted by Crippen LogP contribution is -2.45. The number of nitrogens with zero attached hydrogens (tertiary/aromatic N) is 2. The van der Waals surface area contributed by atoms with E-state index in [4.69, 9.17) is 4.74 Å². The molecule has 27 heavy (non-hydrogen) atoms. The second-order valence-electron chi connectivity index (χ2n) is 6.81. The molecule has 0 N–H and O–H groups in total. The van der Waals surface area contributed by atoms with E-state index in [-0.39, 0.29) is 17.9 Å². The number of likely N-dealkylation sites (N-methyl/N-ethyl adjacent to an activating group) is 1. The Morgan fingerprint density at radius 3 is 2.52 bits per heavy atom. The third-order valence-corrected chi connectivity index (χ3v) is 5.33. The summed E-state index contributed by atoms with van der Waals surface area (Å²) >= 11 is 3.46. The van der Waals surface area contributed by atoms with Gasteiger partial charge >= 0.3 is 0 Å². The van der Waals surface area contributed by atoms with Gasteiger partial charge in [-0.25, -0.2) is 0 Å². The summed E-state index contributed by atoms with van der Waals surface area (Å²) in [5.41, 5.74) is 1.57. The maximum Gasteiger partial charge on any atom is 0.254 e. The average Bonchev–Trinajstić information content (AvgIpc) is 3.16. The molecule has 1 aliphatic heterocycles. The maximum atomic E-state index is 12.8. The molecule has 1 heterocycles. The Morgan fingerprint density at radius 2 is 1.85 bits per heavy atom. The Bertz CT molecular complexity index is 820. The number of carbonyl (C=O) groups is 2. The fourth-order valence-corrected chi connectivity index (χ4v) is 3.60. The Morgan fingerprint density at radius 1 is 1.15 bits per heavy atom. The van der Waals surface area contributed by atoms with Crippen LogP contribution in [0.15, 0.2) is 53.0 Å². The van der Waals surface area contributed by atoms with Gasteiger partial charge in [0.05, 0.1) is 4.47 Å². The van der Waals surface area contributed by atoms with Crippen molar-refractivity contribution in [2.24, 2.45) is 0 Å². The van der Waals surface area contributed by atoms with Gasteiger partial charge in [0.1, 0.15) is 18.4 Å². The quantitative estimate of drug-likeness (QED) is 0.725. The summed E-state index contributed by atoms with van der Waals surface area (Å²) in [6.07, 6.45) is 1.58. The fraction of sp³-hybridized carbons (Fsp3) is 0.333. The zero-order valence-corrected chi connectivity index (χ0v) is 17.1. The van der Waals surface area contributed by atoms with Crippen LogP contribution in [0.5, 0.6) is 5.75 Å². The van der Waals surface area contributed by atoms with Crippen LogP contribution in [0, 0.1) is 0 Å². The Hall–Kier alpha value is -2.34. The Balaban J connectivity index is 1.65. The minimum atomic E-state index is -0.356. The Kier molecular flexibility index (Phi) is 6.16. The zero-order valence-electron chi connectivity index (χ0n) is 15.5. The number of para-hydroxylation sites is 1. The number of ether oxygens (including phenoxy) is 1. The molecule has 2 amide bonds. The van der Waals surface area contributed by atoms with Gasteiger partial charge in [0, 0.05) is 26.2 Å². The lowest BCUT2D eigenvalue weighted by Gasteiger charge is -2.26. The highest BCUT2D eigenvalue weighted by Crippen LogP contribution is 2.25. The second-order valence-corrected chi connectivity index (χ2v) is 7.66. The summed E-state index contributed by atoms with van der Waals surface area (Å²) < 4.78 is 6.71. The third kappa shape index (κ3) is 4.50. The molecular formula is C21H23BrN2O3. The summed E-state index contributed by atoms with van der Waals surface area (Å²) in [6, 6.07) is 14.7. The van der Waals surface area contributed by atoms with Gasteiger partial charge in [-0.1, -0.05) is 24.3 Å². The highest BCUT2D eigenvalue weighted by Gasteiger charge is 2.35. The van der Waals surface area contributed by atoms with Gasteiger partial charge in [0.2, 0.25) is 5.91 Å². The van der Waals surface area contributed by atoms with Gasteiger partial charge in [0.25, 0.3) is 5.91 Å². The van der Waals surface area contributed by atoms with E-state index in [1.54, 1.807) is 36.0 Å². The summed E-state index contributed by atoms with van der Waals surface area (Å²) in [5.74, 6) is 0.671. The van der Waals surface area contributed by atoms with Crippen LogP contribution in [-0.4, -0.2) is 48.3 Å². The monoisotopic (exact) mass is 430 g/mol. The number of hydrogen-bond donors (Lipinski definition) is 0. The van der Waals surface area contributed by atoms with E-state index < -0.39 is 0 Å². The number of rotatable bonds is 5. The summed E-state index contributed by atoms with van der Waals surface area (Å²) in [6.45, 7) is 1.04. The van der Waals surface area contributed by atoms with E-state index in [1.807, 2.05) is 36.4 Å². The zero-order chi connectivity index (χ0) is 19.4. The highest BCUT2D eigenvalue weighted by molar-refractivity contribution is 9.10. The first kappa shape index (κ1) is 19.4. The summed E-state index contributed by atoms with van der Waals surface area (Å²) in [7, 11) is 3.45. The van der Waals surface area contributed by atoms with Crippen LogP contribution in [0.3, 0.4) is 0 Å². The largest absolute Gasteiger partial charge is 0.488 e. The number of likely N-dealkylation sites (tertiary alicyclic amines) is 1. The van der Waals surface area contributed by atoms with Crippen molar-refractivity contribution in [3.8, 4) is 5.75 Å². The molecule has 1 aliphatic rings. The molecule has 1 unspecified atom stereocenters. The van der Waals surface area contributed by atoms with Gasteiger partial charge in [-0.3, -0.25) is 9.59 Å². The van der Waals surface area contributed by atoms with Crippen LogP contribution in [-0.2, 0) is 11.4 Å². The van der Waals surface area contributed by atoms with Crippen molar-refractivity contribution >= 4 is 27.7 Å². The molecule has 142 valence electrons. The normalized spacial score (nSPS) is 16.3. The van der Waals surface area contributed by atoms with Crippen molar-refractivity contribution in [2.45, 2.75) is 25.5 Å². The molecule has 2 aromatic carbocycles. The van der Waals surface area contributed by atoms with Crippen molar-refractivity contribution in [3.05, 3.63) is 64.1 Å². The van der Waals surface area contributed by atoms with Gasteiger partial charge in [-0.2, -0.15) is 0 Å². The van der Waals surface area contributed by atoms with Gasteiger partial charge in [-0.05, 0) is 58.6 Å². The molecule has 1 atom stereocenters. The van der Waals surface area contributed by atoms with Crippen molar-refractivity contribution in [1.82, 2.24) is 9.80 Å². The van der Waals surface area contributed by atoms with Crippen LogP contribution < -0.4 is 4.74 Å². The number of halogens is 1. The van der Waals surface area contributed by atoms with Crippen LogP contribution >= 0.6 is 15.9 Å². The van der Waals surface area contributed by atoms with E-state index in [2.05, 4.69) is 15.9 Å². The van der Waals surface area contributed by atoms with Crippen LogP contribution in [0.4, 0.5) is 0 Å². The number of hydrogen-bond acceptors (Lipinski definition) is 3. The molecule has 0 aliphatic carbocycles. The molecule has 0 bridgehead atoms. The minimum Gasteiger partial charge on any atom is -0.488 e. The van der Waals surface area contributed by atoms with E-state index >= 15 is 0 Å². The molecule has 0 radical (unpaired) electrons. The average molecular weight is 431 g/mol. The summed E-state index contributed by atoms with van der Waals surface area (Å²) in [4.78, 5) is 28.4. The third-order valence-electron chi connectivity index (χ3n) is 4.67. The molecule has 0 aromatic heterocycles. The molecule has 0 saturated carbocycles. The van der Waals surface area contributed by atoms with E-state index in [9.17, 15) is 9.59 Å². The first-order valence-electron chi connectivity index (χ1n) is 8.96. The first-order valence-corrected chi connectivity index (χ1v) is 9.75. The lowest BCUT2D eigenvalue weighted by atomic mass is 10.1. The molecule has 5 nitrogen and oxygen atoms in total. The highest BCUT2D eigenvalue weighted by atomic mass is 79.9. The van der Waals surface area contributed by atoms with E-state index in [1.165, 1.54) is 0 Å². The van der Waals surface area contributed by atoms with Crippen molar-refractivity contribution < 1.29 is 14.3 Å². The van der Waals surface area contributed by atoms with Crippen molar-refractivity contribution in [3.63, 3.8) is 0 Å².